The fourth-order valence-corrected chi connectivity index (χ4v) is 2.04. The van der Waals surface area contributed by atoms with Crippen molar-refractivity contribution < 1.29 is 8.78 Å². The normalized spacial score (nSPS) is 10.2. The smallest absolute Gasteiger partial charge is 0.150 e. The molecule has 0 aromatic heterocycles. The first kappa shape index (κ1) is 15.0. The van der Waals surface area contributed by atoms with Gasteiger partial charge >= 0.3 is 0 Å². The Labute approximate surface area is 123 Å². The van der Waals surface area contributed by atoms with Crippen molar-refractivity contribution in [3.8, 4) is 6.07 Å². The quantitative estimate of drug-likeness (QED) is 0.846. The number of unbranched alkanes of at least 4 members (excludes halogenated alkanes) is 1. The van der Waals surface area contributed by atoms with E-state index in [1.807, 2.05) is 12.1 Å². The average Bonchev–Trinajstić information content (AvgIpc) is 2.49. The summed E-state index contributed by atoms with van der Waals surface area (Å²) in [6, 6.07) is 11.2. The van der Waals surface area contributed by atoms with Gasteiger partial charge in [0.15, 0.2) is 11.6 Å². The second-order valence-corrected chi connectivity index (χ2v) is 4.85. The summed E-state index contributed by atoms with van der Waals surface area (Å²) in [4.78, 5) is 0. The van der Waals surface area contributed by atoms with Crippen molar-refractivity contribution >= 4 is 11.4 Å². The van der Waals surface area contributed by atoms with Crippen LogP contribution in [-0.4, -0.2) is 0 Å². The van der Waals surface area contributed by atoms with Crippen LogP contribution in [0.25, 0.3) is 0 Å². The molecule has 0 unspecified atom stereocenters. The van der Waals surface area contributed by atoms with Crippen LogP contribution >= 0.6 is 0 Å². The van der Waals surface area contributed by atoms with Gasteiger partial charge in [-0.2, -0.15) is 5.26 Å². The number of hydrogen-bond acceptors (Lipinski definition) is 2. The van der Waals surface area contributed by atoms with E-state index in [-0.39, 0.29) is 11.3 Å². The molecule has 0 saturated heterocycles. The minimum Gasteiger partial charge on any atom is -0.351 e. The first-order chi connectivity index (χ1) is 10.1. The van der Waals surface area contributed by atoms with Crippen molar-refractivity contribution in [2.24, 2.45) is 0 Å². The number of benzene rings is 2. The topological polar surface area (TPSA) is 35.8 Å². The molecule has 0 spiro atoms. The van der Waals surface area contributed by atoms with Crippen LogP contribution in [0.5, 0.6) is 0 Å². The molecule has 0 atom stereocenters. The van der Waals surface area contributed by atoms with Crippen LogP contribution in [0.15, 0.2) is 36.4 Å². The van der Waals surface area contributed by atoms with E-state index in [0.717, 1.165) is 31.4 Å². The molecule has 0 aliphatic heterocycles. The molecular weight excluding hydrogens is 270 g/mol. The van der Waals surface area contributed by atoms with E-state index in [4.69, 9.17) is 5.26 Å². The van der Waals surface area contributed by atoms with Crippen molar-refractivity contribution in [1.82, 2.24) is 0 Å². The Hall–Kier alpha value is -2.41. The highest BCUT2D eigenvalue weighted by Crippen LogP contribution is 2.25. The lowest BCUT2D eigenvalue weighted by Crippen LogP contribution is -1.99. The summed E-state index contributed by atoms with van der Waals surface area (Å²) in [5, 5.41) is 11.4. The van der Waals surface area contributed by atoms with Gasteiger partial charge < -0.3 is 5.32 Å². The highest BCUT2D eigenvalue weighted by molar-refractivity contribution is 5.62. The van der Waals surface area contributed by atoms with Gasteiger partial charge in [-0.25, -0.2) is 8.78 Å². The number of nitriles is 1. The third-order valence-corrected chi connectivity index (χ3v) is 3.21. The van der Waals surface area contributed by atoms with Crippen LogP contribution in [0, 0.1) is 23.0 Å². The Kier molecular flexibility index (Phi) is 4.89. The largest absolute Gasteiger partial charge is 0.351 e. The van der Waals surface area contributed by atoms with Crippen molar-refractivity contribution in [2.75, 3.05) is 5.32 Å². The molecule has 0 amide bonds. The van der Waals surface area contributed by atoms with Gasteiger partial charge in [0.25, 0.3) is 0 Å². The number of aryl methyl sites for hydroxylation is 1. The van der Waals surface area contributed by atoms with Crippen LogP contribution in [0.1, 0.15) is 30.9 Å². The average molecular weight is 286 g/mol. The molecule has 1 N–H and O–H groups in total. The molecule has 4 heteroatoms. The van der Waals surface area contributed by atoms with Gasteiger partial charge in [-0.1, -0.05) is 25.5 Å². The molecule has 0 saturated carbocycles. The SMILES string of the molecule is CCCCc1ccc(Nc2c(F)cc(C#N)cc2F)cc1. The zero-order valence-corrected chi connectivity index (χ0v) is 11.8. The zero-order valence-electron chi connectivity index (χ0n) is 11.8. The van der Waals surface area contributed by atoms with E-state index in [1.54, 1.807) is 18.2 Å². The lowest BCUT2D eigenvalue weighted by molar-refractivity contribution is 0.590. The summed E-state index contributed by atoms with van der Waals surface area (Å²) in [5.41, 5.74) is 1.53. The van der Waals surface area contributed by atoms with Crippen molar-refractivity contribution in [3.05, 3.63) is 59.2 Å². The standard InChI is InChI=1S/C17H16F2N2/c1-2-3-4-12-5-7-14(8-6-12)21-17-15(18)9-13(11-20)10-16(17)19/h5-10,21H,2-4H2,1H3. The van der Waals surface area contributed by atoms with Crippen LogP contribution in [0.4, 0.5) is 20.2 Å². The molecular formula is C17H16F2N2. The number of rotatable bonds is 5. The summed E-state index contributed by atoms with van der Waals surface area (Å²) >= 11 is 0. The molecule has 2 aromatic rings. The molecule has 2 nitrogen and oxygen atoms in total. The van der Waals surface area contributed by atoms with Gasteiger partial charge in [-0.15, -0.1) is 0 Å². The van der Waals surface area contributed by atoms with Gasteiger partial charge in [0.2, 0.25) is 0 Å². The minimum atomic E-state index is -0.776. The molecule has 108 valence electrons. The summed E-state index contributed by atoms with van der Waals surface area (Å²) in [5.74, 6) is -1.55. The Balaban J connectivity index is 2.17. The van der Waals surface area contributed by atoms with Gasteiger partial charge in [0.1, 0.15) is 5.69 Å². The first-order valence-electron chi connectivity index (χ1n) is 6.89. The number of nitrogens with one attached hydrogen (secondary N) is 1. The Morgan fingerprint density at radius 3 is 2.24 bits per heavy atom. The maximum absolute atomic E-state index is 13.8. The fourth-order valence-electron chi connectivity index (χ4n) is 2.04. The van der Waals surface area contributed by atoms with Crippen molar-refractivity contribution in [1.29, 1.82) is 5.26 Å². The summed E-state index contributed by atoms with van der Waals surface area (Å²) in [6.45, 7) is 2.13. The highest BCUT2D eigenvalue weighted by atomic mass is 19.1. The first-order valence-corrected chi connectivity index (χ1v) is 6.89. The Morgan fingerprint density at radius 2 is 1.71 bits per heavy atom. The summed E-state index contributed by atoms with van der Waals surface area (Å²) < 4.78 is 27.6. The zero-order chi connectivity index (χ0) is 15.2. The molecule has 2 rings (SSSR count). The van der Waals surface area contributed by atoms with E-state index < -0.39 is 11.6 Å². The second-order valence-electron chi connectivity index (χ2n) is 4.85. The van der Waals surface area contributed by atoms with Crippen LogP contribution < -0.4 is 5.32 Å². The molecule has 0 heterocycles. The number of hydrogen-bond donors (Lipinski definition) is 1. The number of anilines is 2. The van der Waals surface area contributed by atoms with E-state index in [9.17, 15) is 8.78 Å². The van der Waals surface area contributed by atoms with Crippen LogP contribution in [-0.2, 0) is 6.42 Å². The monoisotopic (exact) mass is 286 g/mol. The Bertz CT molecular complexity index is 634. The predicted molar refractivity (Wildman–Crippen MR) is 79.4 cm³/mol. The molecule has 0 aliphatic rings. The van der Waals surface area contributed by atoms with Gasteiger partial charge in [-0.3, -0.25) is 0 Å². The maximum atomic E-state index is 13.8. The molecule has 2 aromatic carbocycles. The van der Waals surface area contributed by atoms with E-state index >= 15 is 0 Å². The third kappa shape index (κ3) is 3.79. The van der Waals surface area contributed by atoms with E-state index in [2.05, 4.69) is 12.2 Å². The van der Waals surface area contributed by atoms with E-state index in [0.29, 0.717) is 5.69 Å². The van der Waals surface area contributed by atoms with Gasteiger partial charge in [-0.05, 0) is 42.7 Å². The minimum absolute atomic E-state index is 0.0366. The van der Waals surface area contributed by atoms with Gasteiger partial charge in [0, 0.05) is 5.69 Å². The molecule has 0 radical (unpaired) electrons. The molecule has 0 fully saturated rings. The second kappa shape index (κ2) is 6.85. The fraction of sp³-hybridized carbons (Fsp3) is 0.235. The third-order valence-electron chi connectivity index (χ3n) is 3.21. The van der Waals surface area contributed by atoms with E-state index in [1.165, 1.54) is 5.56 Å². The summed E-state index contributed by atoms with van der Waals surface area (Å²) in [6.07, 6.45) is 3.24. The lowest BCUT2D eigenvalue weighted by Gasteiger charge is -2.10. The molecule has 21 heavy (non-hydrogen) atoms. The van der Waals surface area contributed by atoms with Crippen LogP contribution in [0.3, 0.4) is 0 Å². The maximum Gasteiger partial charge on any atom is 0.150 e. The summed E-state index contributed by atoms with van der Waals surface area (Å²) in [7, 11) is 0. The van der Waals surface area contributed by atoms with Gasteiger partial charge in [0.05, 0.1) is 11.6 Å². The van der Waals surface area contributed by atoms with Crippen LogP contribution in [0.2, 0.25) is 0 Å². The molecule has 0 bridgehead atoms. The molecule has 0 aliphatic carbocycles. The number of halogens is 2. The van der Waals surface area contributed by atoms with Crippen molar-refractivity contribution in [3.63, 3.8) is 0 Å². The van der Waals surface area contributed by atoms with Crippen molar-refractivity contribution in [2.45, 2.75) is 26.2 Å². The lowest BCUT2D eigenvalue weighted by atomic mass is 10.1. The predicted octanol–water partition coefficient (Wildman–Crippen LogP) is 4.92. The number of nitrogens with zero attached hydrogens (tertiary/aromatic N) is 1. The highest BCUT2D eigenvalue weighted by Gasteiger charge is 2.11. The Morgan fingerprint density at radius 1 is 1.10 bits per heavy atom.